The first kappa shape index (κ1) is 8.12. The Morgan fingerprint density at radius 2 is 1.73 bits per heavy atom. The maximum absolute atomic E-state index is 9.38. The summed E-state index contributed by atoms with van der Waals surface area (Å²) in [6.07, 6.45) is 0. The van der Waals surface area contributed by atoms with Crippen LogP contribution in [0.5, 0.6) is 5.75 Å². The standard InChI is InChI=1S/C10H13O/c1-6-5-10(11)9(4)8(3)7(6)2/h5,11H,2H2,1,3-4H3. The van der Waals surface area contributed by atoms with Crippen LogP contribution in [0.2, 0.25) is 0 Å². The van der Waals surface area contributed by atoms with Gasteiger partial charge in [-0.1, -0.05) is 0 Å². The fraction of sp³-hybridized carbons (Fsp3) is 0.300. The van der Waals surface area contributed by atoms with Crippen molar-refractivity contribution in [2.24, 2.45) is 0 Å². The molecule has 0 heterocycles. The molecule has 0 saturated heterocycles. The van der Waals surface area contributed by atoms with Crippen LogP contribution in [-0.2, 0) is 0 Å². The lowest BCUT2D eigenvalue weighted by atomic mass is 9.99. The van der Waals surface area contributed by atoms with Crippen LogP contribution >= 0.6 is 0 Å². The van der Waals surface area contributed by atoms with E-state index >= 15 is 0 Å². The summed E-state index contributed by atoms with van der Waals surface area (Å²) in [5, 5.41) is 9.38. The first-order valence-corrected chi connectivity index (χ1v) is 3.65. The maximum atomic E-state index is 9.38. The molecule has 0 aliphatic carbocycles. The molecule has 0 spiro atoms. The van der Waals surface area contributed by atoms with E-state index in [0.29, 0.717) is 5.75 Å². The van der Waals surface area contributed by atoms with Gasteiger partial charge in [0.25, 0.3) is 0 Å². The number of phenols is 1. The van der Waals surface area contributed by atoms with Crippen LogP contribution in [0.25, 0.3) is 0 Å². The number of benzene rings is 1. The van der Waals surface area contributed by atoms with Crippen molar-refractivity contribution in [3.8, 4) is 5.75 Å². The zero-order valence-electron chi connectivity index (χ0n) is 7.23. The van der Waals surface area contributed by atoms with E-state index in [0.717, 1.165) is 22.3 Å². The number of rotatable bonds is 0. The minimum Gasteiger partial charge on any atom is -0.508 e. The van der Waals surface area contributed by atoms with Gasteiger partial charge in [0.15, 0.2) is 0 Å². The van der Waals surface area contributed by atoms with Gasteiger partial charge in [-0.25, -0.2) is 0 Å². The molecule has 0 atom stereocenters. The molecule has 0 amide bonds. The van der Waals surface area contributed by atoms with E-state index in [9.17, 15) is 5.11 Å². The Kier molecular flexibility index (Phi) is 1.90. The summed E-state index contributed by atoms with van der Waals surface area (Å²) in [6.45, 7) is 9.74. The molecule has 0 unspecified atom stereocenters. The highest BCUT2D eigenvalue weighted by atomic mass is 16.3. The van der Waals surface area contributed by atoms with Crippen molar-refractivity contribution in [3.63, 3.8) is 0 Å². The average molecular weight is 149 g/mol. The van der Waals surface area contributed by atoms with E-state index in [1.807, 2.05) is 20.8 Å². The van der Waals surface area contributed by atoms with Crippen molar-refractivity contribution in [2.45, 2.75) is 20.8 Å². The molecule has 1 aromatic carbocycles. The highest BCUT2D eigenvalue weighted by Crippen LogP contribution is 2.25. The van der Waals surface area contributed by atoms with Gasteiger partial charge in [0.05, 0.1) is 0 Å². The van der Waals surface area contributed by atoms with Gasteiger partial charge >= 0.3 is 0 Å². The highest BCUT2D eigenvalue weighted by molar-refractivity contribution is 5.48. The van der Waals surface area contributed by atoms with Gasteiger partial charge in [0.2, 0.25) is 0 Å². The number of aryl methyl sites for hydroxylation is 1. The molecule has 1 heteroatoms. The molecular weight excluding hydrogens is 136 g/mol. The van der Waals surface area contributed by atoms with E-state index < -0.39 is 0 Å². The third-order valence-corrected chi connectivity index (χ3v) is 2.23. The van der Waals surface area contributed by atoms with Crippen LogP contribution in [0.3, 0.4) is 0 Å². The second kappa shape index (κ2) is 2.57. The van der Waals surface area contributed by atoms with Gasteiger partial charge in [-0.3, -0.25) is 0 Å². The normalized spacial score (nSPS) is 10.2. The van der Waals surface area contributed by atoms with Crippen molar-refractivity contribution >= 4 is 0 Å². The van der Waals surface area contributed by atoms with Gasteiger partial charge < -0.3 is 5.11 Å². The quantitative estimate of drug-likeness (QED) is 0.601. The van der Waals surface area contributed by atoms with E-state index in [-0.39, 0.29) is 0 Å². The van der Waals surface area contributed by atoms with Crippen molar-refractivity contribution in [2.75, 3.05) is 0 Å². The molecule has 1 radical (unpaired) electrons. The first-order valence-electron chi connectivity index (χ1n) is 3.65. The monoisotopic (exact) mass is 149 g/mol. The highest BCUT2D eigenvalue weighted by Gasteiger charge is 2.04. The van der Waals surface area contributed by atoms with Crippen LogP contribution in [0, 0.1) is 27.7 Å². The number of hydrogen-bond acceptors (Lipinski definition) is 1. The zero-order valence-corrected chi connectivity index (χ0v) is 7.23. The predicted molar refractivity (Wildman–Crippen MR) is 46.8 cm³/mol. The Hall–Kier alpha value is -0.980. The lowest BCUT2D eigenvalue weighted by Gasteiger charge is -2.09. The molecule has 0 aliphatic rings. The van der Waals surface area contributed by atoms with Gasteiger partial charge in [-0.15, -0.1) is 0 Å². The number of hydrogen-bond donors (Lipinski definition) is 1. The molecule has 0 fully saturated rings. The van der Waals surface area contributed by atoms with E-state index in [1.54, 1.807) is 6.07 Å². The Morgan fingerprint density at radius 1 is 1.18 bits per heavy atom. The second-order valence-corrected chi connectivity index (χ2v) is 2.94. The average Bonchev–Trinajstić information content (AvgIpc) is 1.97. The lowest BCUT2D eigenvalue weighted by molar-refractivity contribution is 0.470. The lowest BCUT2D eigenvalue weighted by Crippen LogP contribution is -1.90. The van der Waals surface area contributed by atoms with Gasteiger partial charge in [-0.05, 0) is 56.0 Å². The summed E-state index contributed by atoms with van der Waals surface area (Å²) in [5.41, 5.74) is 4.09. The fourth-order valence-corrected chi connectivity index (χ4v) is 1.11. The molecule has 1 aromatic rings. The molecule has 0 aromatic heterocycles. The Balaban J connectivity index is 3.46. The number of aromatic hydroxyl groups is 1. The smallest absolute Gasteiger partial charge is 0.119 e. The summed E-state index contributed by atoms with van der Waals surface area (Å²) in [4.78, 5) is 0. The summed E-state index contributed by atoms with van der Waals surface area (Å²) in [5.74, 6) is 0.368. The maximum Gasteiger partial charge on any atom is 0.119 e. The summed E-state index contributed by atoms with van der Waals surface area (Å²) >= 11 is 0. The van der Waals surface area contributed by atoms with Crippen molar-refractivity contribution in [3.05, 3.63) is 35.2 Å². The molecule has 0 bridgehead atoms. The molecular formula is C10H13O. The molecule has 0 saturated carbocycles. The van der Waals surface area contributed by atoms with Crippen molar-refractivity contribution in [1.82, 2.24) is 0 Å². The summed E-state index contributed by atoms with van der Waals surface area (Å²) in [6, 6.07) is 1.75. The van der Waals surface area contributed by atoms with Crippen molar-refractivity contribution < 1.29 is 5.11 Å². The Bertz CT molecular complexity index is 261. The SMILES string of the molecule is [CH2]c1c(C)cc(O)c(C)c1C. The van der Waals surface area contributed by atoms with Crippen LogP contribution in [0.4, 0.5) is 0 Å². The summed E-state index contributed by atoms with van der Waals surface area (Å²) < 4.78 is 0. The molecule has 1 rings (SSSR count). The molecule has 11 heavy (non-hydrogen) atoms. The van der Waals surface area contributed by atoms with E-state index in [2.05, 4.69) is 6.92 Å². The van der Waals surface area contributed by atoms with E-state index in [4.69, 9.17) is 0 Å². The Morgan fingerprint density at radius 3 is 2.27 bits per heavy atom. The molecule has 59 valence electrons. The third-order valence-electron chi connectivity index (χ3n) is 2.23. The van der Waals surface area contributed by atoms with E-state index in [1.165, 1.54) is 0 Å². The Labute approximate surface area is 67.7 Å². The third kappa shape index (κ3) is 1.23. The van der Waals surface area contributed by atoms with Gasteiger partial charge in [0, 0.05) is 0 Å². The van der Waals surface area contributed by atoms with Crippen molar-refractivity contribution in [1.29, 1.82) is 0 Å². The minimum absolute atomic E-state index is 0.368. The predicted octanol–water partition coefficient (Wildman–Crippen LogP) is 2.50. The molecule has 1 nitrogen and oxygen atoms in total. The van der Waals surface area contributed by atoms with Crippen LogP contribution in [0.15, 0.2) is 6.07 Å². The number of phenolic OH excluding ortho intramolecular Hbond substituents is 1. The minimum atomic E-state index is 0.368. The molecule has 0 aliphatic heterocycles. The topological polar surface area (TPSA) is 20.2 Å². The first-order chi connectivity index (χ1) is 5.04. The summed E-state index contributed by atoms with van der Waals surface area (Å²) in [7, 11) is 0. The largest absolute Gasteiger partial charge is 0.508 e. The van der Waals surface area contributed by atoms with Gasteiger partial charge in [-0.2, -0.15) is 0 Å². The van der Waals surface area contributed by atoms with Crippen LogP contribution in [0.1, 0.15) is 22.3 Å². The van der Waals surface area contributed by atoms with Crippen LogP contribution in [-0.4, -0.2) is 5.11 Å². The zero-order chi connectivity index (χ0) is 8.59. The molecule has 1 N–H and O–H groups in total. The van der Waals surface area contributed by atoms with Gasteiger partial charge in [0.1, 0.15) is 5.75 Å². The second-order valence-electron chi connectivity index (χ2n) is 2.94. The fourth-order valence-electron chi connectivity index (χ4n) is 1.11. The van der Waals surface area contributed by atoms with Crippen LogP contribution < -0.4 is 0 Å².